The molecule has 0 aliphatic heterocycles. The molecule has 3 aliphatic carbocycles. The number of ether oxygens (including phenoxy) is 1. The van der Waals surface area contributed by atoms with E-state index in [1.54, 1.807) is 13.2 Å². The lowest BCUT2D eigenvalue weighted by Crippen LogP contribution is -2.19. The number of nitrogens with zero attached hydrogens (tertiary/aromatic N) is 4. The molecule has 35 heavy (non-hydrogen) atoms. The summed E-state index contributed by atoms with van der Waals surface area (Å²) >= 11 is 0. The van der Waals surface area contributed by atoms with Gasteiger partial charge >= 0.3 is 0 Å². The van der Waals surface area contributed by atoms with Crippen LogP contribution in [0.2, 0.25) is 0 Å². The van der Waals surface area contributed by atoms with Crippen LogP contribution in [0, 0.1) is 17.8 Å². The average Bonchev–Trinajstić information content (AvgIpc) is 3.74. The van der Waals surface area contributed by atoms with Gasteiger partial charge in [-0.2, -0.15) is 5.10 Å². The highest BCUT2D eigenvalue weighted by Gasteiger charge is 2.46. The average molecular weight is 474 g/mol. The van der Waals surface area contributed by atoms with E-state index in [9.17, 15) is 9.59 Å². The molecule has 1 aromatic carbocycles. The SMILES string of the molecule is COc1c(Nc2cc(NC(=O)C3CC3)nnc2C(N)=O)cccc1-c1cnn([C@@H]2C[C@H]3C[C@H]3C2)c1. The Morgan fingerprint density at radius 1 is 1.11 bits per heavy atom. The second-order valence-electron chi connectivity index (χ2n) is 9.72. The van der Waals surface area contributed by atoms with Gasteiger partial charge in [0.1, 0.15) is 5.75 Å². The number of rotatable bonds is 8. The first kappa shape index (κ1) is 21.6. The Bertz CT molecular complexity index is 1310. The Labute approximate surface area is 202 Å². The van der Waals surface area contributed by atoms with E-state index < -0.39 is 5.91 Å². The number of nitrogens with one attached hydrogen (secondary N) is 2. The summed E-state index contributed by atoms with van der Waals surface area (Å²) in [7, 11) is 1.60. The lowest BCUT2D eigenvalue weighted by atomic mass is 10.1. The van der Waals surface area contributed by atoms with Crippen LogP contribution in [0.3, 0.4) is 0 Å². The normalized spacial score (nSPS) is 22.4. The third-order valence-corrected chi connectivity index (χ3v) is 7.22. The maximum Gasteiger partial charge on any atom is 0.271 e. The first-order valence-corrected chi connectivity index (χ1v) is 12.0. The number of carbonyl (C=O) groups is 2. The highest BCUT2D eigenvalue weighted by Crippen LogP contribution is 2.56. The highest BCUT2D eigenvalue weighted by atomic mass is 16.5. The topological polar surface area (TPSA) is 137 Å². The predicted octanol–water partition coefficient (Wildman–Crippen LogP) is 3.51. The zero-order chi connectivity index (χ0) is 24.1. The van der Waals surface area contributed by atoms with Gasteiger partial charge in [0, 0.05) is 29.3 Å². The van der Waals surface area contributed by atoms with E-state index in [0.717, 1.165) is 35.8 Å². The minimum atomic E-state index is -0.730. The van der Waals surface area contributed by atoms with Gasteiger partial charge in [0.15, 0.2) is 11.5 Å². The molecule has 3 aromatic rings. The second kappa shape index (κ2) is 8.37. The Hall–Kier alpha value is -3.95. The molecule has 3 aliphatic rings. The molecule has 3 atom stereocenters. The molecule has 2 aromatic heterocycles. The molecular formula is C25H27N7O3. The summed E-state index contributed by atoms with van der Waals surface area (Å²) < 4.78 is 7.85. The molecular weight excluding hydrogens is 446 g/mol. The third kappa shape index (κ3) is 4.20. The summed E-state index contributed by atoms with van der Waals surface area (Å²) in [5, 5.41) is 18.5. The van der Waals surface area contributed by atoms with Crippen molar-refractivity contribution in [2.45, 2.75) is 38.1 Å². The number of hydrogen-bond acceptors (Lipinski definition) is 7. The molecule has 0 spiro atoms. The number of anilines is 3. The Morgan fingerprint density at radius 2 is 1.91 bits per heavy atom. The minimum absolute atomic E-state index is 0.0109. The monoisotopic (exact) mass is 473 g/mol. The highest BCUT2D eigenvalue weighted by molar-refractivity contribution is 5.99. The molecule has 10 heteroatoms. The first-order chi connectivity index (χ1) is 17.0. The lowest BCUT2D eigenvalue weighted by molar-refractivity contribution is -0.117. The van der Waals surface area contributed by atoms with Gasteiger partial charge in [-0.3, -0.25) is 14.3 Å². The van der Waals surface area contributed by atoms with E-state index >= 15 is 0 Å². The van der Waals surface area contributed by atoms with Crippen molar-refractivity contribution in [2.24, 2.45) is 23.5 Å². The molecule has 0 radical (unpaired) electrons. The van der Waals surface area contributed by atoms with Crippen molar-refractivity contribution in [1.29, 1.82) is 0 Å². The first-order valence-electron chi connectivity index (χ1n) is 12.0. The largest absolute Gasteiger partial charge is 0.494 e. The number of para-hydroxylation sites is 1. The molecule has 0 saturated heterocycles. The fourth-order valence-corrected chi connectivity index (χ4v) is 5.11. The second-order valence-corrected chi connectivity index (χ2v) is 9.72. The van der Waals surface area contributed by atoms with Gasteiger partial charge in [0.05, 0.1) is 30.7 Å². The maximum atomic E-state index is 12.2. The van der Waals surface area contributed by atoms with Crippen LogP contribution in [0.15, 0.2) is 36.7 Å². The number of primary amides is 1. The molecule has 180 valence electrons. The third-order valence-electron chi connectivity index (χ3n) is 7.22. The fraction of sp³-hybridized carbons (Fsp3) is 0.400. The smallest absolute Gasteiger partial charge is 0.271 e. The zero-order valence-corrected chi connectivity index (χ0v) is 19.4. The summed E-state index contributed by atoms with van der Waals surface area (Å²) in [5.41, 5.74) is 8.27. The zero-order valence-electron chi connectivity index (χ0n) is 19.4. The number of nitrogens with two attached hydrogens (primary N) is 1. The van der Waals surface area contributed by atoms with Crippen LogP contribution in [0.5, 0.6) is 5.75 Å². The quantitative estimate of drug-likeness (QED) is 0.455. The summed E-state index contributed by atoms with van der Waals surface area (Å²) in [6.45, 7) is 0. The van der Waals surface area contributed by atoms with E-state index in [-0.39, 0.29) is 23.3 Å². The maximum absolute atomic E-state index is 12.2. The van der Waals surface area contributed by atoms with Crippen LogP contribution in [0.1, 0.15) is 48.6 Å². The number of amides is 2. The lowest BCUT2D eigenvalue weighted by Gasteiger charge is -2.16. The molecule has 3 fully saturated rings. The standard InChI is InChI=1S/C25H27N7O3/c1-35-23-18(16-11-27-32(12-16)17-8-14-7-15(14)9-17)3-2-4-19(23)28-20-10-21(29-25(34)13-5-6-13)30-31-22(20)24(26)33/h2-4,10-15,17H,5-9H2,1H3,(H2,26,33)(H2,28,29,30,34)/t14-,15+,17-. The van der Waals surface area contributed by atoms with Gasteiger partial charge in [-0.15, -0.1) is 10.2 Å². The van der Waals surface area contributed by atoms with Crippen molar-refractivity contribution in [3.63, 3.8) is 0 Å². The van der Waals surface area contributed by atoms with Crippen LogP contribution in [0.4, 0.5) is 17.2 Å². The molecule has 0 unspecified atom stereocenters. The van der Waals surface area contributed by atoms with Gasteiger partial charge in [-0.05, 0) is 50.0 Å². The number of methoxy groups -OCH3 is 1. The number of fused-ring (bicyclic) bond motifs is 1. The summed E-state index contributed by atoms with van der Waals surface area (Å²) in [6, 6.07) is 7.73. The van der Waals surface area contributed by atoms with Gasteiger partial charge in [0.2, 0.25) is 5.91 Å². The van der Waals surface area contributed by atoms with Gasteiger partial charge in [0.25, 0.3) is 5.91 Å². The summed E-state index contributed by atoms with van der Waals surface area (Å²) in [5.74, 6) is 1.78. The fourth-order valence-electron chi connectivity index (χ4n) is 5.11. The van der Waals surface area contributed by atoms with Crippen molar-refractivity contribution < 1.29 is 14.3 Å². The minimum Gasteiger partial charge on any atom is -0.494 e. The van der Waals surface area contributed by atoms with Crippen molar-refractivity contribution in [2.75, 3.05) is 17.7 Å². The molecule has 6 rings (SSSR count). The van der Waals surface area contributed by atoms with E-state index in [1.807, 2.05) is 24.4 Å². The van der Waals surface area contributed by atoms with Crippen LogP contribution in [-0.2, 0) is 4.79 Å². The van der Waals surface area contributed by atoms with Crippen LogP contribution in [-0.4, -0.2) is 38.9 Å². The Kier molecular flexibility index (Phi) is 5.16. The van der Waals surface area contributed by atoms with Crippen LogP contribution < -0.4 is 21.1 Å². The van der Waals surface area contributed by atoms with E-state index in [2.05, 4.69) is 36.8 Å². The van der Waals surface area contributed by atoms with Gasteiger partial charge in [-0.25, -0.2) is 0 Å². The van der Waals surface area contributed by atoms with E-state index in [0.29, 0.717) is 23.2 Å². The molecule has 10 nitrogen and oxygen atoms in total. The molecule has 0 bridgehead atoms. The van der Waals surface area contributed by atoms with Gasteiger partial charge < -0.3 is 21.1 Å². The molecule has 2 amide bonds. The van der Waals surface area contributed by atoms with Crippen molar-refractivity contribution in [3.05, 3.63) is 42.4 Å². The Balaban J connectivity index is 1.29. The molecule has 2 heterocycles. The molecule has 3 saturated carbocycles. The number of aromatic nitrogens is 4. The number of carbonyl (C=O) groups excluding carboxylic acids is 2. The van der Waals surface area contributed by atoms with E-state index in [4.69, 9.17) is 10.5 Å². The number of benzene rings is 1. The van der Waals surface area contributed by atoms with Crippen molar-refractivity contribution >= 4 is 29.0 Å². The van der Waals surface area contributed by atoms with Crippen LogP contribution >= 0.6 is 0 Å². The van der Waals surface area contributed by atoms with Crippen molar-refractivity contribution in [1.82, 2.24) is 20.0 Å². The van der Waals surface area contributed by atoms with Gasteiger partial charge in [-0.1, -0.05) is 12.1 Å². The Morgan fingerprint density at radius 3 is 2.63 bits per heavy atom. The summed E-state index contributed by atoms with van der Waals surface area (Å²) in [6.07, 6.45) is 9.45. The molecule has 4 N–H and O–H groups in total. The number of hydrogen-bond donors (Lipinski definition) is 3. The van der Waals surface area contributed by atoms with Crippen molar-refractivity contribution in [3.8, 4) is 16.9 Å². The van der Waals surface area contributed by atoms with E-state index in [1.165, 1.54) is 19.3 Å². The van der Waals surface area contributed by atoms with Crippen LogP contribution in [0.25, 0.3) is 11.1 Å². The summed E-state index contributed by atoms with van der Waals surface area (Å²) in [4.78, 5) is 24.2. The predicted molar refractivity (Wildman–Crippen MR) is 129 cm³/mol.